The van der Waals surface area contributed by atoms with Crippen molar-refractivity contribution in [3.63, 3.8) is 0 Å². The highest BCUT2D eigenvalue weighted by Crippen LogP contribution is 2.25. The van der Waals surface area contributed by atoms with Crippen molar-refractivity contribution in [2.24, 2.45) is 5.92 Å². The van der Waals surface area contributed by atoms with Gasteiger partial charge in [-0.2, -0.15) is 0 Å². The van der Waals surface area contributed by atoms with Crippen LogP contribution in [0.2, 0.25) is 0 Å². The van der Waals surface area contributed by atoms with Crippen molar-refractivity contribution in [1.29, 1.82) is 0 Å². The summed E-state index contributed by atoms with van der Waals surface area (Å²) in [6, 6.07) is 22.5. The molecule has 0 unspecified atom stereocenters. The average molecular weight is 359 g/mol. The van der Waals surface area contributed by atoms with Crippen LogP contribution >= 0.6 is 0 Å². The quantitative estimate of drug-likeness (QED) is 0.660. The lowest BCUT2D eigenvalue weighted by Gasteiger charge is -2.32. The molecular formula is C24H25NO2. The number of hydrogen-bond acceptors (Lipinski definition) is 2. The Morgan fingerprint density at radius 1 is 0.963 bits per heavy atom. The largest absolute Gasteiger partial charge is 0.497 e. The Labute approximate surface area is 160 Å². The zero-order valence-corrected chi connectivity index (χ0v) is 15.7. The molecule has 1 heterocycles. The maximum absolute atomic E-state index is 12.9. The van der Waals surface area contributed by atoms with Gasteiger partial charge in [0.2, 0.25) is 0 Å². The lowest BCUT2D eigenvalue weighted by molar-refractivity contribution is 0.0690. The second kappa shape index (κ2) is 7.83. The normalized spacial score (nSPS) is 15.1. The number of fused-ring (bicyclic) bond motifs is 1. The zero-order valence-electron chi connectivity index (χ0n) is 15.7. The number of carbonyl (C=O) groups excluding carboxylic acids is 1. The molecule has 0 saturated carbocycles. The Morgan fingerprint density at radius 2 is 1.67 bits per heavy atom. The molecule has 1 fully saturated rings. The summed E-state index contributed by atoms with van der Waals surface area (Å²) in [6.07, 6.45) is 3.26. The van der Waals surface area contributed by atoms with E-state index in [4.69, 9.17) is 4.74 Å². The number of carbonyl (C=O) groups is 1. The van der Waals surface area contributed by atoms with Gasteiger partial charge in [-0.3, -0.25) is 4.79 Å². The van der Waals surface area contributed by atoms with E-state index in [1.807, 2.05) is 41.3 Å². The van der Waals surface area contributed by atoms with Crippen LogP contribution in [0.5, 0.6) is 5.75 Å². The summed E-state index contributed by atoms with van der Waals surface area (Å²) in [5, 5.41) is 2.16. The first-order chi connectivity index (χ1) is 13.2. The topological polar surface area (TPSA) is 29.5 Å². The standard InChI is InChI=1S/C24H25NO2/c1-27-23-10-9-20-16-22(8-7-21(20)17-23)24(26)25-13-11-19(12-14-25)15-18-5-3-2-4-6-18/h2-10,16-17,19H,11-15H2,1H3. The molecule has 1 amide bonds. The first-order valence-electron chi connectivity index (χ1n) is 9.64. The van der Waals surface area contributed by atoms with Gasteiger partial charge in [0.25, 0.3) is 5.91 Å². The van der Waals surface area contributed by atoms with Gasteiger partial charge < -0.3 is 9.64 Å². The van der Waals surface area contributed by atoms with E-state index in [1.165, 1.54) is 5.56 Å². The highest BCUT2D eigenvalue weighted by atomic mass is 16.5. The van der Waals surface area contributed by atoms with Gasteiger partial charge in [0.15, 0.2) is 0 Å². The average Bonchev–Trinajstić information content (AvgIpc) is 2.74. The molecule has 138 valence electrons. The summed E-state index contributed by atoms with van der Waals surface area (Å²) in [5.74, 6) is 1.65. The molecule has 0 N–H and O–H groups in total. The summed E-state index contributed by atoms with van der Waals surface area (Å²) < 4.78 is 5.27. The van der Waals surface area contributed by atoms with E-state index in [9.17, 15) is 4.79 Å². The molecule has 3 aromatic rings. The van der Waals surface area contributed by atoms with Crippen LogP contribution in [0.15, 0.2) is 66.7 Å². The van der Waals surface area contributed by atoms with Gasteiger partial charge in [-0.15, -0.1) is 0 Å². The van der Waals surface area contributed by atoms with Gasteiger partial charge >= 0.3 is 0 Å². The maximum atomic E-state index is 12.9. The number of rotatable bonds is 4. The first kappa shape index (κ1) is 17.6. The van der Waals surface area contributed by atoms with Crippen molar-refractivity contribution in [3.8, 4) is 5.75 Å². The van der Waals surface area contributed by atoms with Crippen LogP contribution in [0.1, 0.15) is 28.8 Å². The van der Waals surface area contributed by atoms with Crippen LogP contribution in [-0.4, -0.2) is 31.0 Å². The number of hydrogen-bond donors (Lipinski definition) is 0. The van der Waals surface area contributed by atoms with Gasteiger partial charge in [0.05, 0.1) is 7.11 Å². The van der Waals surface area contributed by atoms with Crippen LogP contribution in [0.3, 0.4) is 0 Å². The van der Waals surface area contributed by atoms with E-state index < -0.39 is 0 Å². The first-order valence-corrected chi connectivity index (χ1v) is 9.64. The molecule has 4 rings (SSSR count). The van der Waals surface area contributed by atoms with Gasteiger partial charge in [-0.25, -0.2) is 0 Å². The second-order valence-electron chi connectivity index (χ2n) is 7.35. The molecule has 0 aliphatic carbocycles. The predicted molar refractivity (Wildman–Crippen MR) is 109 cm³/mol. The van der Waals surface area contributed by atoms with Crippen molar-refractivity contribution in [1.82, 2.24) is 4.90 Å². The van der Waals surface area contributed by atoms with Crippen LogP contribution in [0.4, 0.5) is 0 Å². The zero-order chi connectivity index (χ0) is 18.6. The number of methoxy groups -OCH3 is 1. The number of piperidine rings is 1. The minimum Gasteiger partial charge on any atom is -0.497 e. The van der Waals surface area contributed by atoms with E-state index >= 15 is 0 Å². The minimum absolute atomic E-state index is 0.144. The molecule has 3 aromatic carbocycles. The number of benzene rings is 3. The number of ether oxygens (including phenoxy) is 1. The number of likely N-dealkylation sites (tertiary alicyclic amines) is 1. The molecule has 1 aliphatic rings. The summed E-state index contributed by atoms with van der Waals surface area (Å²) in [4.78, 5) is 14.9. The molecule has 27 heavy (non-hydrogen) atoms. The number of amides is 1. The van der Waals surface area contributed by atoms with Gasteiger partial charge in [-0.1, -0.05) is 42.5 Å². The Hall–Kier alpha value is -2.81. The molecule has 0 bridgehead atoms. The summed E-state index contributed by atoms with van der Waals surface area (Å²) in [6.45, 7) is 1.69. The van der Waals surface area contributed by atoms with Crippen LogP contribution in [-0.2, 0) is 6.42 Å². The third-order valence-corrected chi connectivity index (χ3v) is 5.56. The predicted octanol–water partition coefficient (Wildman–Crippen LogP) is 4.94. The lowest BCUT2D eigenvalue weighted by Crippen LogP contribution is -2.38. The third kappa shape index (κ3) is 3.97. The van der Waals surface area contributed by atoms with Crippen molar-refractivity contribution in [3.05, 3.63) is 77.9 Å². The molecule has 3 heteroatoms. The molecule has 1 saturated heterocycles. The van der Waals surface area contributed by atoms with Crippen LogP contribution in [0, 0.1) is 5.92 Å². The molecule has 0 radical (unpaired) electrons. The van der Waals surface area contributed by atoms with Gasteiger partial charge in [0.1, 0.15) is 5.75 Å². The van der Waals surface area contributed by atoms with Crippen molar-refractivity contribution in [2.45, 2.75) is 19.3 Å². The summed E-state index contributed by atoms with van der Waals surface area (Å²) in [5.41, 5.74) is 2.17. The van der Waals surface area contributed by atoms with Gasteiger partial charge in [-0.05, 0) is 65.8 Å². The third-order valence-electron chi connectivity index (χ3n) is 5.56. The molecular weight excluding hydrogens is 334 g/mol. The van der Waals surface area contributed by atoms with Crippen LogP contribution in [0.25, 0.3) is 10.8 Å². The number of nitrogens with zero attached hydrogens (tertiary/aromatic N) is 1. The molecule has 0 atom stereocenters. The fraction of sp³-hybridized carbons (Fsp3) is 0.292. The Bertz CT molecular complexity index is 928. The Balaban J connectivity index is 1.41. The van der Waals surface area contributed by atoms with Crippen molar-refractivity contribution < 1.29 is 9.53 Å². The Morgan fingerprint density at radius 3 is 2.41 bits per heavy atom. The van der Waals surface area contributed by atoms with E-state index in [0.29, 0.717) is 5.92 Å². The van der Waals surface area contributed by atoms with Crippen molar-refractivity contribution >= 4 is 16.7 Å². The van der Waals surface area contributed by atoms with Gasteiger partial charge in [0, 0.05) is 18.7 Å². The van der Waals surface area contributed by atoms with E-state index in [2.05, 4.69) is 30.3 Å². The van der Waals surface area contributed by atoms with E-state index in [-0.39, 0.29) is 5.91 Å². The van der Waals surface area contributed by atoms with Crippen molar-refractivity contribution in [2.75, 3.05) is 20.2 Å². The Kier molecular flexibility index (Phi) is 5.10. The second-order valence-corrected chi connectivity index (χ2v) is 7.35. The summed E-state index contributed by atoms with van der Waals surface area (Å²) in [7, 11) is 1.67. The van der Waals surface area contributed by atoms with E-state index in [1.54, 1.807) is 7.11 Å². The molecule has 0 aromatic heterocycles. The minimum atomic E-state index is 0.144. The molecule has 0 spiro atoms. The monoisotopic (exact) mass is 359 g/mol. The lowest BCUT2D eigenvalue weighted by atomic mass is 9.90. The molecule has 1 aliphatic heterocycles. The highest BCUT2D eigenvalue weighted by molar-refractivity contribution is 5.98. The molecule has 3 nitrogen and oxygen atoms in total. The fourth-order valence-electron chi connectivity index (χ4n) is 3.95. The maximum Gasteiger partial charge on any atom is 0.253 e. The highest BCUT2D eigenvalue weighted by Gasteiger charge is 2.23. The van der Waals surface area contributed by atoms with E-state index in [0.717, 1.165) is 54.4 Å². The fourth-order valence-corrected chi connectivity index (χ4v) is 3.95. The van der Waals surface area contributed by atoms with Crippen LogP contribution < -0.4 is 4.74 Å². The summed E-state index contributed by atoms with van der Waals surface area (Å²) >= 11 is 0. The smallest absolute Gasteiger partial charge is 0.253 e. The SMILES string of the molecule is COc1ccc2cc(C(=O)N3CCC(Cc4ccccc4)CC3)ccc2c1.